The third kappa shape index (κ3) is 11.2. The van der Waals surface area contributed by atoms with E-state index in [0.29, 0.717) is 34.6 Å². The van der Waals surface area contributed by atoms with Gasteiger partial charge >= 0.3 is 5.97 Å². The van der Waals surface area contributed by atoms with Crippen LogP contribution in [0.1, 0.15) is 109 Å². The number of aliphatic hydroxyl groups excluding tert-OH is 1. The van der Waals surface area contributed by atoms with E-state index in [-0.39, 0.29) is 28.2 Å². The number of aromatic hydroxyl groups is 1. The summed E-state index contributed by atoms with van der Waals surface area (Å²) in [6, 6.07) is 19.0. The minimum absolute atomic E-state index is 0.0146. The van der Waals surface area contributed by atoms with Gasteiger partial charge in [0.05, 0.1) is 16.5 Å². The van der Waals surface area contributed by atoms with Gasteiger partial charge in [-0.1, -0.05) is 90.6 Å². The van der Waals surface area contributed by atoms with Crippen molar-refractivity contribution in [3.8, 4) is 17.6 Å². The van der Waals surface area contributed by atoms with Gasteiger partial charge in [0.25, 0.3) is 0 Å². The summed E-state index contributed by atoms with van der Waals surface area (Å²) in [4.78, 5) is 14.5. The predicted molar refractivity (Wildman–Crippen MR) is 194 cm³/mol. The smallest absolute Gasteiger partial charge is 0.348 e. The molecule has 9 heteroatoms. The number of hydrogen-bond acceptors (Lipinski definition) is 8. The molecule has 3 aromatic rings. The maximum atomic E-state index is 13.2. The highest BCUT2D eigenvalue weighted by molar-refractivity contribution is 8.04. The molecule has 48 heavy (non-hydrogen) atoms. The minimum atomic E-state index is -1.79. The molecule has 1 aliphatic heterocycles. The second kappa shape index (κ2) is 17.6. The topological polar surface area (TPSA) is 117 Å². The molecule has 0 saturated heterocycles. The monoisotopic (exact) mass is 691 g/mol. The Labute approximate surface area is 293 Å². The zero-order chi connectivity index (χ0) is 35.5. The first-order valence-electron chi connectivity index (χ1n) is 16.6. The van der Waals surface area contributed by atoms with E-state index in [4.69, 9.17) is 14.2 Å². The summed E-state index contributed by atoms with van der Waals surface area (Å²) in [5, 5.41) is 29.5. The number of aryl methyl sites for hydroxylation is 2. The van der Waals surface area contributed by atoms with Crippen LogP contribution in [0.25, 0.3) is 0 Å². The number of phenols is 1. The molecule has 0 radical (unpaired) electrons. The summed E-state index contributed by atoms with van der Waals surface area (Å²) in [5.41, 5.74) is 1.81. The largest absolute Gasteiger partial charge is 0.511 e. The summed E-state index contributed by atoms with van der Waals surface area (Å²) in [7, 11) is 0. The average molecular weight is 692 g/mol. The van der Waals surface area contributed by atoms with Gasteiger partial charge < -0.3 is 19.1 Å². The molecule has 7 nitrogen and oxygen atoms in total. The number of nitrogens with zero attached hydrogens (tertiary/aromatic N) is 1. The van der Waals surface area contributed by atoms with Crippen LogP contribution in [0.2, 0.25) is 0 Å². The Kier molecular flexibility index (Phi) is 14.2. The summed E-state index contributed by atoms with van der Waals surface area (Å²) in [6.45, 7) is 14.2. The third-order valence-corrected chi connectivity index (χ3v) is 10.2. The highest BCUT2D eigenvalue weighted by atomic mass is 32.2. The zero-order valence-corrected chi connectivity index (χ0v) is 30.9. The van der Waals surface area contributed by atoms with Gasteiger partial charge in [-0.05, 0) is 97.3 Å². The molecular formula is C39H49NO6S2. The molecule has 4 rings (SSSR count). The van der Waals surface area contributed by atoms with E-state index in [1.165, 1.54) is 32.1 Å². The van der Waals surface area contributed by atoms with Gasteiger partial charge in [-0.2, -0.15) is 5.26 Å². The number of thioether (sulfide) groups is 1. The number of unbranched alkanes of at least 4 members (excludes halogenated alkanes) is 4. The standard InChI is InChI=1S/C32H33NO6S2.C7H16/c1-20-16-28(25(31(2,3)4)17-27(20)39-41(37)24-12-8-22(19-33)9-13-24)40-29-26(35)18-32(5,38-30(29)36)15-14-21-6-10-23(34)11-7-21;1-3-5-7-6-4-2/h6-13,16-17,34-35H,14-15,18H2,1-5H3;3-7H2,1-2H3. The van der Waals surface area contributed by atoms with E-state index in [2.05, 4.69) is 13.8 Å². The molecule has 0 aromatic heterocycles. The number of phenolic OH excluding ortho intramolecular Hbond substituents is 1. The second-order valence-corrected chi connectivity index (χ2v) is 15.6. The second-order valence-electron chi connectivity index (χ2n) is 13.4. The number of benzene rings is 3. The molecule has 0 amide bonds. The fraction of sp³-hybridized carbons (Fsp3) is 0.436. The highest BCUT2D eigenvalue weighted by Crippen LogP contribution is 2.44. The number of carbonyl (C=O) groups is 1. The number of hydrogen-bond donors (Lipinski definition) is 2. The van der Waals surface area contributed by atoms with Crippen molar-refractivity contribution in [3.05, 3.63) is 93.6 Å². The molecule has 0 saturated carbocycles. The molecule has 1 heterocycles. The Morgan fingerprint density at radius 2 is 1.62 bits per heavy atom. The maximum absolute atomic E-state index is 13.2. The Morgan fingerprint density at radius 1 is 1.00 bits per heavy atom. The third-order valence-electron chi connectivity index (χ3n) is 8.05. The van der Waals surface area contributed by atoms with E-state index in [1.54, 1.807) is 36.4 Å². The van der Waals surface area contributed by atoms with Crippen molar-refractivity contribution in [2.24, 2.45) is 0 Å². The van der Waals surface area contributed by atoms with E-state index >= 15 is 0 Å². The first kappa shape index (κ1) is 38.7. The number of rotatable bonds is 12. The molecule has 0 aliphatic carbocycles. The van der Waals surface area contributed by atoms with Crippen molar-refractivity contribution < 1.29 is 28.1 Å². The van der Waals surface area contributed by atoms with Crippen molar-refractivity contribution in [1.29, 1.82) is 5.26 Å². The van der Waals surface area contributed by atoms with Crippen molar-refractivity contribution in [1.82, 2.24) is 0 Å². The Balaban J connectivity index is 0.000000804. The van der Waals surface area contributed by atoms with Crippen LogP contribution in [0.3, 0.4) is 0 Å². The minimum Gasteiger partial charge on any atom is -0.511 e. The van der Waals surface area contributed by atoms with E-state index in [9.17, 15) is 19.2 Å². The molecule has 0 spiro atoms. The molecule has 258 valence electrons. The van der Waals surface area contributed by atoms with Crippen molar-refractivity contribution >= 4 is 28.8 Å². The quantitative estimate of drug-likeness (QED) is 0.142. The van der Waals surface area contributed by atoms with Gasteiger partial charge in [-0.3, -0.25) is 0 Å². The lowest BCUT2D eigenvalue weighted by Gasteiger charge is -2.34. The lowest BCUT2D eigenvalue weighted by atomic mass is 9.86. The molecule has 2 atom stereocenters. The van der Waals surface area contributed by atoms with Gasteiger partial charge in [0, 0.05) is 11.3 Å². The van der Waals surface area contributed by atoms with Crippen LogP contribution in [0.15, 0.2) is 81.1 Å². The van der Waals surface area contributed by atoms with Crippen molar-refractivity contribution in [2.45, 2.75) is 121 Å². The van der Waals surface area contributed by atoms with Crippen molar-refractivity contribution in [3.63, 3.8) is 0 Å². The van der Waals surface area contributed by atoms with Crippen LogP contribution in [-0.2, 0) is 32.4 Å². The van der Waals surface area contributed by atoms with Gasteiger partial charge in [0.1, 0.15) is 27.8 Å². The first-order chi connectivity index (χ1) is 22.7. The number of nitriles is 1. The van der Waals surface area contributed by atoms with Crippen LogP contribution >= 0.6 is 11.8 Å². The summed E-state index contributed by atoms with van der Waals surface area (Å²) < 4.78 is 24.6. The molecule has 2 N–H and O–H groups in total. The summed E-state index contributed by atoms with van der Waals surface area (Å²) in [5.74, 6) is 0.0365. The number of carbonyl (C=O) groups excluding carboxylic acids is 1. The SMILES string of the molecule is CCCCCCC.Cc1cc(SC2=C(O)CC(C)(CCc3ccc(O)cc3)OC2=O)c(C(C)(C)C)cc1OS(=O)c1ccc(C#N)cc1. The maximum Gasteiger partial charge on any atom is 0.348 e. The summed E-state index contributed by atoms with van der Waals surface area (Å²) in [6.07, 6.45) is 8.33. The highest BCUT2D eigenvalue weighted by Gasteiger charge is 2.39. The number of cyclic esters (lactones) is 1. The number of esters is 1. The number of aliphatic hydroxyl groups is 1. The van der Waals surface area contributed by atoms with Crippen LogP contribution in [0.5, 0.6) is 11.5 Å². The number of ether oxygens (including phenoxy) is 1. The van der Waals surface area contributed by atoms with Gasteiger partial charge in [-0.15, -0.1) is 0 Å². The van der Waals surface area contributed by atoms with Crippen LogP contribution in [0, 0.1) is 18.3 Å². The van der Waals surface area contributed by atoms with E-state index < -0.39 is 22.7 Å². The van der Waals surface area contributed by atoms with Crippen molar-refractivity contribution in [2.75, 3.05) is 0 Å². The van der Waals surface area contributed by atoms with E-state index in [1.807, 2.05) is 65.0 Å². The lowest BCUT2D eigenvalue weighted by Crippen LogP contribution is -2.37. The molecule has 2 unspecified atom stereocenters. The normalized spacial score (nSPS) is 16.8. The Bertz CT molecular complexity index is 1630. The Hall–Kier alpha value is -3.74. The van der Waals surface area contributed by atoms with Gasteiger partial charge in [-0.25, -0.2) is 9.00 Å². The molecule has 1 aliphatic rings. The molecule has 3 aromatic carbocycles. The van der Waals surface area contributed by atoms with Crippen LogP contribution in [-0.4, -0.2) is 26.0 Å². The van der Waals surface area contributed by atoms with Crippen LogP contribution < -0.4 is 4.18 Å². The summed E-state index contributed by atoms with van der Waals surface area (Å²) >= 11 is -0.634. The van der Waals surface area contributed by atoms with Crippen LogP contribution in [0.4, 0.5) is 0 Å². The zero-order valence-electron chi connectivity index (χ0n) is 29.2. The fourth-order valence-corrected chi connectivity index (χ4v) is 7.19. The lowest BCUT2D eigenvalue weighted by molar-refractivity contribution is -0.156. The Morgan fingerprint density at radius 3 is 2.17 bits per heavy atom. The predicted octanol–water partition coefficient (Wildman–Crippen LogP) is 10.1. The van der Waals surface area contributed by atoms with Gasteiger partial charge in [0.2, 0.25) is 11.1 Å². The average Bonchev–Trinajstić information content (AvgIpc) is 3.03. The van der Waals surface area contributed by atoms with E-state index in [0.717, 1.165) is 27.8 Å². The molecule has 0 bridgehead atoms. The van der Waals surface area contributed by atoms with Gasteiger partial charge in [0.15, 0.2) is 0 Å². The molecular weight excluding hydrogens is 643 g/mol. The molecule has 0 fully saturated rings. The fourth-order valence-electron chi connectivity index (χ4n) is 5.15. The first-order valence-corrected chi connectivity index (χ1v) is 18.5.